The molecule has 0 aliphatic rings. The first kappa shape index (κ1) is 20.5. The minimum atomic E-state index is -0.703. The number of nitriles is 1. The van der Waals surface area contributed by atoms with E-state index in [0.717, 1.165) is 0 Å². The summed E-state index contributed by atoms with van der Waals surface area (Å²) in [5.41, 5.74) is 0.808. The van der Waals surface area contributed by atoms with Crippen molar-refractivity contribution in [1.29, 1.82) is 5.26 Å². The zero-order valence-electron chi connectivity index (χ0n) is 14.8. The van der Waals surface area contributed by atoms with Crippen LogP contribution in [0, 0.1) is 17.1 Å². The molecule has 140 valence electrons. The van der Waals surface area contributed by atoms with Gasteiger partial charge in [0.05, 0.1) is 13.7 Å². The number of halogens is 2. The Morgan fingerprint density at radius 3 is 2.67 bits per heavy atom. The van der Waals surface area contributed by atoms with E-state index < -0.39 is 5.97 Å². The normalized spacial score (nSPS) is 10.9. The maximum absolute atomic E-state index is 13.7. The summed E-state index contributed by atoms with van der Waals surface area (Å²) in [5.74, 6) is -0.296. The van der Waals surface area contributed by atoms with Gasteiger partial charge < -0.3 is 14.2 Å². The molecule has 0 unspecified atom stereocenters. The van der Waals surface area contributed by atoms with Gasteiger partial charge in [0.2, 0.25) is 0 Å². The van der Waals surface area contributed by atoms with Gasteiger partial charge in [-0.2, -0.15) is 5.26 Å². The summed E-state index contributed by atoms with van der Waals surface area (Å²) in [5, 5.41) is 9.17. The van der Waals surface area contributed by atoms with Crippen LogP contribution >= 0.6 is 15.9 Å². The number of benzene rings is 2. The predicted octanol–water partition coefficient (Wildman–Crippen LogP) is 4.65. The molecule has 2 rings (SSSR count). The highest BCUT2D eigenvalue weighted by molar-refractivity contribution is 9.10. The molecule has 0 radical (unpaired) electrons. The zero-order valence-corrected chi connectivity index (χ0v) is 16.4. The summed E-state index contributed by atoms with van der Waals surface area (Å²) in [6, 6.07) is 11.4. The fourth-order valence-electron chi connectivity index (χ4n) is 2.21. The van der Waals surface area contributed by atoms with Gasteiger partial charge in [-0.25, -0.2) is 9.18 Å². The Kier molecular flexibility index (Phi) is 7.38. The summed E-state index contributed by atoms with van der Waals surface area (Å²) in [7, 11) is 1.46. The van der Waals surface area contributed by atoms with Crippen molar-refractivity contribution in [2.24, 2.45) is 0 Å². The molecular weight excluding hydrogens is 417 g/mol. The van der Waals surface area contributed by atoms with E-state index in [0.29, 0.717) is 27.1 Å². The molecule has 0 aliphatic carbocycles. The zero-order chi connectivity index (χ0) is 19.8. The Morgan fingerprint density at radius 1 is 1.30 bits per heavy atom. The average molecular weight is 434 g/mol. The van der Waals surface area contributed by atoms with Gasteiger partial charge in [-0.15, -0.1) is 0 Å². The lowest BCUT2D eigenvalue weighted by atomic mass is 10.1. The van der Waals surface area contributed by atoms with Crippen molar-refractivity contribution in [3.63, 3.8) is 0 Å². The molecule has 0 heterocycles. The number of esters is 1. The first-order valence-electron chi connectivity index (χ1n) is 8.02. The number of carbonyl (C=O) groups is 1. The summed E-state index contributed by atoms with van der Waals surface area (Å²) >= 11 is 3.38. The first-order valence-corrected chi connectivity index (χ1v) is 8.82. The highest BCUT2D eigenvalue weighted by atomic mass is 79.9. The Balaban J connectivity index is 2.30. The van der Waals surface area contributed by atoms with Crippen molar-refractivity contribution in [3.05, 3.63) is 63.4 Å². The largest absolute Gasteiger partial charge is 0.493 e. The van der Waals surface area contributed by atoms with Gasteiger partial charge in [0.25, 0.3) is 0 Å². The van der Waals surface area contributed by atoms with Crippen LogP contribution in [0.2, 0.25) is 0 Å². The summed E-state index contributed by atoms with van der Waals surface area (Å²) < 4.78 is 30.1. The predicted molar refractivity (Wildman–Crippen MR) is 102 cm³/mol. The molecule has 0 bridgehead atoms. The average Bonchev–Trinajstić information content (AvgIpc) is 2.66. The van der Waals surface area contributed by atoms with Crippen molar-refractivity contribution >= 4 is 28.0 Å². The van der Waals surface area contributed by atoms with Crippen molar-refractivity contribution in [2.75, 3.05) is 13.7 Å². The number of ether oxygens (including phenoxy) is 3. The van der Waals surface area contributed by atoms with Crippen LogP contribution in [0.3, 0.4) is 0 Å². The number of hydrogen-bond donors (Lipinski definition) is 0. The molecule has 2 aromatic carbocycles. The molecule has 2 aromatic rings. The van der Waals surface area contributed by atoms with E-state index in [1.54, 1.807) is 37.3 Å². The molecule has 0 amide bonds. The lowest BCUT2D eigenvalue weighted by molar-refractivity contribution is -0.137. The highest BCUT2D eigenvalue weighted by Gasteiger charge is 2.14. The van der Waals surface area contributed by atoms with Gasteiger partial charge in [-0.05, 0) is 36.8 Å². The quantitative estimate of drug-likeness (QED) is 0.361. The Bertz CT molecular complexity index is 905. The van der Waals surface area contributed by atoms with E-state index in [1.165, 1.54) is 19.3 Å². The van der Waals surface area contributed by atoms with E-state index in [1.807, 2.05) is 6.07 Å². The first-order chi connectivity index (χ1) is 13.0. The van der Waals surface area contributed by atoms with Gasteiger partial charge in [-0.3, -0.25) is 0 Å². The van der Waals surface area contributed by atoms with Crippen LogP contribution in [0.25, 0.3) is 6.08 Å². The second-order valence-electron chi connectivity index (χ2n) is 5.29. The number of carbonyl (C=O) groups excluding carboxylic acids is 1. The second kappa shape index (κ2) is 9.74. The molecule has 0 spiro atoms. The molecular formula is C20H17BrFNO4. The van der Waals surface area contributed by atoms with E-state index in [9.17, 15) is 9.18 Å². The number of methoxy groups -OCH3 is 1. The number of hydrogen-bond acceptors (Lipinski definition) is 5. The third-order valence-corrected chi connectivity index (χ3v) is 4.23. The SMILES string of the molecule is CCOC(=O)C(C#N)=Cc1cc(OC)c(OCc2ccccc2F)cc1Br. The minimum absolute atomic E-state index is 0.0247. The summed E-state index contributed by atoms with van der Waals surface area (Å²) in [6.45, 7) is 1.86. The smallest absolute Gasteiger partial charge is 0.348 e. The molecule has 0 saturated carbocycles. The van der Waals surface area contributed by atoms with Crippen LogP contribution in [-0.2, 0) is 16.1 Å². The second-order valence-corrected chi connectivity index (χ2v) is 6.15. The van der Waals surface area contributed by atoms with E-state index in [4.69, 9.17) is 19.5 Å². The van der Waals surface area contributed by atoms with Crippen LogP contribution in [0.15, 0.2) is 46.4 Å². The molecule has 0 saturated heterocycles. The molecule has 0 fully saturated rings. The van der Waals surface area contributed by atoms with Gasteiger partial charge in [0.1, 0.15) is 24.1 Å². The van der Waals surface area contributed by atoms with Crippen molar-refractivity contribution < 1.29 is 23.4 Å². The van der Waals surface area contributed by atoms with Crippen LogP contribution < -0.4 is 9.47 Å². The number of rotatable bonds is 7. The van der Waals surface area contributed by atoms with Gasteiger partial charge in [0, 0.05) is 10.0 Å². The molecule has 7 heteroatoms. The molecule has 0 aromatic heterocycles. The van der Waals surface area contributed by atoms with E-state index in [2.05, 4.69) is 15.9 Å². The summed E-state index contributed by atoms with van der Waals surface area (Å²) in [4.78, 5) is 11.8. The molecule has 27 heavy (non-hydrogen) atoms. The maximum atomic E-state index is 13.7. The van der Waals surface area contributed by atoms with Gasteiger partial charge in [-0.1, -0.05) is 34.1 Å². The highest BCUT2D eigenvalue weighted by Crippen LogP contribution is 2.35. The van der Waals surface area contributed by atoms with Crippen molar-refractivity contribution in [2.45, 2.75) is 13.5 Å². The van der Waals surface area contributed by atoms with E-state index >= 15 is 0 Å². The van der Waals surface area contributed by atoms with Crippen LogP contribution in [0.1, 0.15) is 18.1 Å². The molecule has 0 aliphatic heterocycles. The topological polar surface area (TPSA) is 68.6 Å². The third kappa shape index (κ3) is 5.31. The van der Waals surface area contributed by atoms with Gasteiger partial charge >= 0.3 is 5.97 Å². The fraction of sp³-hybridized carbons (Fsp3) is 0.200. The van der Waals surface area contributed by atoms with Crippen molar-refractivity contribution in [1.82, 2.24) is 0 Å². The molecule has 5 nitrogen and oxygen atoms in total. The fourth-order valence-corrected chi connectivity index (χ4v) is 2.64. The Morgan fingerprint density at radius 2 is 2.04 bits per heavy atom. The third-order valence-electron chi connectivity index (χ3n) is 3.54. The minimum Gasteiger partial charge on any atom is -0.493 e. The standard InChI is InChI=1S/C20H17BrFNO4/c1-3-26-20(24)15(11-23)8-14-9-18(25-2)19(10-16(14)21)27-12-13-6-4-5-7-17(13)22/h4-10H,3,12H2,1-2H3. The Labute approximate surface area is 165 Å². The lowest BCUT2D eigenvalue weighted by Crippen LogP contribution is -2.06. The van der Waals surface area contributed by atoms with E-state index in [-0.39, 0.29) is 24.6 Å². The van der Waals surface area contributed by atoms with Gasteiger partial charge in [0.15, 0.2) is 11.5 Å². The monoisotopic (exact) mass is 433 g/mol. The Hall–Kier alpha value is -2.85. The lowest BCUT2D eigenvalue weighted by Gasteiger charge is -2.13. The maximum Gasteiger partial charge on any atom is 0.348 e. The number of nitrogens with zero attached hydrogens (tertiary/aromatic N) is 1. The molecule has 0 atom stereocenters. The summed E-state index contributed by atoms with van der Waals surface area (Å²) in [6.07, 6.45) is 1.39. The van der Waals surface area contributed by atoms with Crippen molar-refractivity contribution in [3.8, 4) is 17.6 Å². The van der Waals surface area contributed by atoms with Crippen LogP contribution in [-0.4, -0.2) is 19.7 Å². The van der Waals surface area contributed by atoms with Crippen LogP contribution in [0.5, 0.6) is 11.5 Å². The van der Waals surface area contributed by atoms with Crippen LogP contribution in [0.4, 0.5) is 4.39 Å². The molecule has 0 N–H and O–H groups in total.